The minimum Gasteiger partial charge on any atom is -0.247 e. The van der Waals surface area contributed by atoms with E-state index in [1.165, 1.54) is 0 Å². The number of hydrogen-bond donors (Lipinski definition) is 0. The Bertz CT molecular complexity index is 83.4. The molecule has 0 N–H and O–H groups in total. The smallest absolute Gasteiger partial charge is 0.247 e. The summed E-state index contributed by atoms with van der Waals surface area (Å²) in [7, 11) is 0. The minimum atomic E-state index is -4.39. The Labute approximate surface area is 50.9 Å². The van der Waals surface area contributed by atoms with Crippen LogP contribution in [0.5, 0.6) is 0 Å². The van der Waals surface area contributed by atoms with Crippen molar-refractivity contribution in [2.24, 2.45) is 5.92 Å². The molecule has 0 spiro atoms. The van der Waals surface area contributed by atoms with Crippen molar-refractivity contribution in [2.75, 3.05) is 0 Å². The van der Waals surface area contributed by atoms with Crippen LogP contribution in [0.1, 0.15) is 13.8 Å². The molecule has 0 saturated carbocycles. The molecule has 0 fully saturated rings. The first-order valence-electron chi connectivity index (χ1n) is 2.56. The Morgan fingerprint density at radius 1 is 1.11 bits per heavy atom. The van der Waals surface area contributed by atoms with Crippen LogP contribution < -0.4 is 0 Å². The first-order valence-corrected chi connectivity index (χ1v) is 2.56. The van der Waals surface area contributed by atoms with E-state index in [0.29, 0.717) is 0 Å². The van der Waals surface area contributed by atoms with Crippen molar-refractivity contribution in [1.82, 2.24) is 0 Å². The van der Waals surface area contributed by atoms with Gasteiger partial charge >= 0.3 is 6.18 Å². The van der Waals surface area contributed by atoms with E-state index in [1.54, 1.807) is 0 Å². The molecule has 0 aliphatic carbocycles. The number of hydrogen-bond acceptors (Lipinski definition) is 0. The third-order valence-corrected chi connectivity index (χ3v) is 1.21. The maximum absolute atomic E-state index is 11.9. The van der Waals surface area contributed by atoms with Crippen LogP contribution in [0, 0.1) is 5.92 Å². The van der Waals surface area contributed by atoms with Crippen molar-refractivity contribution in [2.45, 2.75) is 26.2 Å². The van der Waals surface area contributed by atoms with E-state index in [-0.39, 0.29) is 0 Å². The molecule has 0 saturated heterocycles. The zero-order chi connectivity index (χ0) is 7.65. The highest BCUT2D eigenvalue weighted by atomic mass is 19.4. The summed E-state index contributed by atoms with van der Waals surface area (Å²) in [4.78, 5) is 0. The van der Waals surface area contributed by atoms with Gasteiger partial charge in [-0.05, 0) is 6.92 Å². The van der Waals surface area contributed by atoms with Gasteiger partial charge in [0.15, 0.2) is 0 Å². The van der Waals surface area contributed by atoms with Crippen LogP contribution in [0.2, 0.25) is 0 Å². The SMILES string of the molecule is CC(F)[C@H](C)C(F)(F)F. The lowest BCUT2D eigenvalue weighted by molar-refractivity contribution is -0.183. The van der Waals surface area contributed by atoms with Crippen LogP contribution in [0.3, 0.4) is 0 Å². The first-order chi connectivity index (χ1) is 3.85. The fraction of sp³-hybridized carbons (Fsp3) is 1.00. The second-order valence-electron chi connectivity index (χ2n) is 2.01. The zero-order valence-corrected chi connectivity index (χ0v) is 5.17. The van der Waals surface area contributed by atoms with Gasteiger partial charge in [-0.1, -0.05) is 6.92 Å². The van der Waals surface area contributed by atoms with Crippen molar-refractivity contribution < 1.29 is 17.6 Å². The summed E-state index contributed by atoms with van der Waals surface area (Å²) in [6, 6.07) is 0. The molecule has 4 heteroatoms. The number of halogens is 4. The normalized spacial score (nSPS) is 19.3. The third-order valence-electron chi connectivity index (χ3n) is 1.21. The third kappa shape index (κ3) is 2.67. The second-order valence-corrected chi connectivity index (χ2v) is 2.01. The van der Waals surface area contributed by atoms with Crippen molar-refractivity contribution in [3.8, 4) is 0 Å². The summed E-state index contributed by atoms with van der Waals surface area (Å²) in [6.45, 7) is 1.73. The van der Waals surface area contributed by atoms with Crippen molar-refractivity contribution in [3.63, 3.8) is 0 Å². The van der Waals surface area contributed by atoms with Gasteiger partial charge in [-0.3, -0.25) is 0 Å². The van der Waals surface area contributed by atoms with E-state index >= 15 is 0 Å². The molecule has 0 aliphatic rings. The van der Waals surface area contributed by atoms with Gasteiger partial charge in [0.1, 0.15) is 6.17 Å². The van der Waals surface area contributed by atoms with Gasteiger partial charge in [-0.15, -0.1) is 0 Å². The zero-order valence-electron chi connectivity index (χ0n) is 5.17. The highest BCUT2D eigenvalue weighted by Gasteiger charge is 2.39. The fourth-order valence-corrected chi connectivity index (χ4v) is 0.260. The van der Waals surface area contributed by atoms with Gasteiger partial charge in [0.05, 0.1) is 5.92 Å². The van der Waals surface area contributed by atoms with Crippen LogP contribution in [-0.4, -0.2) is 12.3 Å². The highest BCUT2D eigenvalue weighted by molar-refractivity contribution is 4.66. The van der Waals surface area contributed by atoms with Crippen LogP contribution in [0.25, 0.3) is 0 Å². The molecule has 0 heterocycles. The summed E-state index contributed by atoms with van der Waals surface area (Å²) in [5.41, 5.74) is 0. The first kappa shape index (κ1) is 8.72. The predicted octanol–water partition coefficient (Wildman–Crippen LogP) is 2.54. The maximum Gasteiger partial charge on any atom is 0.394 e. The van der Waals surface area contributed by atoms with Crippen molar-refractivity contribution in [1.29, 1.82) is 0 Å². The number of alkyl halides is 4. The largest absolute Gasteiger partial charge is 0.394 e. The van der Waals surface area contributed by atoms with Gasteiger partial charge in [0.2, 0.25) is 0 Å². The molecule has 0 aromatic heterocycles. The summed E-state index contributed by atoms with van der Waals surface area (Å²) in [6.07, 6.45) is -6.21. The summed E-state index contributed by atoms with van der Waals surface area (Å²) < 4.78 is 46.3. The summed E-state index contributed by atoms with van der Waals surface area (Å²) >= 11 is 0. The Hall–Kier alpha value is -0.280. The Balaban J connectivity index is 3.88. The lowest BCUT2D eigenvalue weighted by Gasteiger charge is -2.15. The van der Waals surface area contributed by atoms with Crippen LogP contribution in [-0.2, 0) is 0 Å². The predicted molar refractivity (Wildman–Crippen MR) is 25.8 cm³/mol. The molecule has 0 amide bonds. The monoisotopic (exact) mass is 144 g/mol. The summed E-state index contributed by atoms with van der Waals surface area (Å²) in [5, 5.41) is 0. The molecule has 0 nitrogen and oxygen atoms in total. The molecule has 0 rings (SSSR count). The lowest BCUT2D eigenvalue weighted by Crippen LogP contribution is -2.26. The van der Waals surface area contributed by atoms with E-state index in [4.69, 9.17) is 0 Å². The molecule has 56 valence electrons. The van der Waals surface area contributed by atoms with E-state index in [2.05, 4.69) is 0 Å². The Kier molecular flexibility index (Phi) is 2.46. The highest BCUT2D eigenvalue weighted by Crippen LogP contribution is 2.29. The maximum atomic E-state index is 11.9. The quantitative estimate of drug-likeness (QED) is 0.496. The average Bonchev–Trinajstić information content (AvgIpc) is 1.62. The van der Waals surface area contributed by atoms with Gasteiger partial charge in [0.25, 0.3) is 0 Å². The molecular weight excluding hydrogens is 136 g/mol. The molecule has 0 aliphatic heterocycles. The topological polar surface area (TPSA) is 0 Å². The molecule has 2 atom stereocenters. The average molecular weight is 144 g/mol. The number of rotatable bonds is 1. The van der Waals surface area contributed by atoms with Crippen molar-refractivity contribution >= 4 is 0 Å². The van der Waals surface area contributed by atoms with Crippen LogP contribution in [0.15, 0.2) is 0 Å². The molecule has 0 aromatic carbocycles. The molecular formula is C5H8F4. The molecule has 9 heavy (non-hydrogen) atoms. The Morgan fingerprint density at radius 2 is 1.44 bits per heavy atom. The standard InChI is InChI=1S/C5H8F4/c1-3(4(2)6)5(7,8)9/h3-4H,1-2H3/t3-,4?/m0/s1. The van der Waals surface area contributed by atoms with E-state index in [1.807, 2.05) is 0 Å². The molecule has 1 unspecified atom stereocenters. The van der Waals surface area contributed by atoms with Crippen molar-refractivity contribution in [3.05, 3.63) is 0 Å². The van der Waals surface area contributed by atoms with Crippen LogP contribution >= 0.6 is 0 Å². The van der Waals surface area contributed by atoms with E-state index in [0.717, 1.165) is 13.8 Å². The van der Waals surface area contributed by atoms with Gasteiger partial charge in [-0.25, -0.2) is 4.39 Å². The summed E-state index contributed by atoms with van der Waals surface area (Å²) in [5.74, 6) is -1.85. The van der Waals surface area contributed by atoms with Gasteiger partial charge in [-0.2, -0.15) is 13.2 Å². The molecule has 0 radical (unpaired) electrons. The second kappa shape index (κ2) is 2.54. The molecule has 0 bridgehead atoms. The minimum absolute atomic E-state index is 0.824. The van der Waals surface area contributed by atoms with Gasteiger partial charge < -0.3 is 0 Å². The lowest BCUT2D eigenvalue weighted by atomic mass is 10.1. The van der Waals surface area contributed by atoms with E-state index < -0.39 is 18.3 Å². The molecule has 0 aromatic rings. The Morgan fingerprint density at radius 3 is 1.44 bits per heavy atom. The van der Waals surface area contributed by atoms with E-state index in [9.17, 15) is 17.6 Å². The van der Waals surface area contributed by atoms with Crippen LogP contribution in [0.4, 0.5) is 17.6 Å². The fourth-order valence-electron chi connectivity index (χ4n) is 0.260. The van der Waals surface area contributed by atoms with Gasteiger partial charge in [0, 0.05) is 0 Å².